The lowest BCUT2D eigenvalue weighted by molar-refractivity contribution is -0.132. The number of hydrogen-bond acceptors (Lipinski definition) is 4. The normalized spacial score (nSPS) is 20.3. The molecule has 1 spiro atoms. The van der Waals surface area contributed by atoms with E-state index in [1.165, 1.54) is 0 Å². The first-order valence-corrected chi connectivity index (χ1v) is 12.3. The largest absolute Gasteiger partial charge is 0.381 e. The molecular weight excluding hydrogens is 430 g/mol. The van der Waals surface area contributed by atoms with E-state index in [9.17, 15) is 14.4 Å². The van der Waals surface area contributed by atoms with Gasteiger partial charge in [0.2, 0.25) is 17.7 Å². The van der Waals surface area contributed by atoms with Crippen molar-refractivity contribution in [1.29, 1.82) is 0 Å². The molecular formula is C27H31N3O4. The molecule has 2 heterocycles. The van der Waals surface area contributed by atoms with Crippen LogP contribution in [-0.4, -0.2) is 30.9 Å². The highest BCUT2D eigenvalue weighted by Crippen LogP contribution is 2.45. The molecule has 178 valence electrons. The van der Waals surface area contributed by atoms with Crippen molar-refractivity contribution in [3.05, 3.63) is 54.1 Å². The van der Waals surface area contributed by atoms with Gasteiger partial charge in [-0.1, -0.05) is 43.5 Å². The Balaban J connectivity index is 1.35. The molecule has 3 N–H and O–H groups in total. The minimum atomic E-state index is -0.773. The molecule has 0 radical (unpaired) electrons. The summed E-state index contributed by atoms with van der Waals surface area (Å²) in [7, 11) is 0. The molecule has 2 aromatic carbocycles. The Morgan fingerprint density at radius 3 is 2.29 bits per heavy atom. The molecule has 1 unspecified atom stereocenters. The number of para-hydroxylation sites is 1. The summed E-state index contributed by atoms with van der Waals surface area (Å²) in [6.45, 7) is 1.12. The Kier molecular flexibility index (Phi) is 6.37. The van der Waals surface area contributed by atoms with Gasteiger partial charge in [-0.3, -0.25) is 14.4 Å². The maximum absolute atomic E-state index is 13.4. The second-order valence-corrected chi connectivity index (χ2v) is 9.63. The van der Waals surface area contributed by atoms with Crippen LogP contribution in [0.15, 0.2) is 48.5 Å². The maximum atomic E-state index is 13.4. The van der Waals surface area contributed by atoms with Crippen molar-refractivity contribution in [3.63, 3.8) is 0 Å². The van der Waals surface area contributed by atoms with Gasteiger partial charge in [0.25, 0.3) is 0 Å². The van der Waals surface area contributed by atoms with Gasteiger partial charge in [-0.15, -0.1) is 0 Å². The molecule has 1 aliphatic carbocycles. The number of hydrogen-bond donors (Lipinski definition) is 3. The fourth-order valence-electron chi connectivity index (χ4n) is 5.70. The van der Waals surface area contributed by atoms with Crippen LogP contribution in [0, 0.1) is 11.8 Å². The average Bonchev–Trinajstić information content (AvgIpc) is 3.11. The Morgan fingerprint density at radius 2 is 1.59 bits per heavy atom. The smallest absolute Gasteiger partial charge is 0.237 e. The molecule has 0 bridgehead atoms. The van der Waals surface area contributed by atoms with Gasteiger partial charge in [-0.25, -0.2) is 0 Å². The standard InChI is InChI=1S/C27H31N3O4/c31-24(28-19-9-5-2-6-10-19)23(18-7-3-1-4-8-18)25(32)29-20-11-12-21-22(17-20)30-26(33)27(21)13-15-34-16-14-27/h2,5-6,9-12,17-18,23H,1,3-4,7-8,13-16H2,(H,28,31)(H,29,32)(H,30,33). The van der Waals surface area contributed by atoms with Crippen LogP contribution in [0.1, 0.15) is 50.5 Å². The second kappa shape index (κ2) is 9.58. The minimum absolute atomic E-state index is 0.00315. The van der Waals surface area contributed by atoms with E-state index in [0.29, 0.717) is 37.4 Å². The highest BCUT2D eigenvalue weighted by atomic mass is 16.5. The first kappa shape index (κ1) is 22.6. The van der Waals surface area contributed by atoms with Crippen LogP contribution in [0.5, 0.6) is 0 Å². The molecule has 34 heavy (non-hydrogen) atoms. The number of nitrogens with one attached hydrogen (secondary N) is 3. The number of carbonyl (C=O) groups is 3. The predicted octanol–water partition coefficient (Wildman–Crippen LogP) is 4.46. The van der Waals surface area contributed by atoms with Crippen LogP contribution in [0.3, 0.4) is 0 Å². The number of rotatable bonds is 5. The number of fused-ring (bicyclic) bond motifs is 2. The zero-order valence-electron chi connectivity index (χ0n) is 19.3. The molecule has 1 saturated carbocycles. The zero-order chi connectivity index (χ0) is 23.5. The Hall–Kier alpha value is -3.19. The number of ether oxygens (including phenoxy) is 1. The van der Waals surface area contributed by atoms with Crippen molar-refractivity contribution in [2.45, 2.75) is 50.4 Å². The van der Waals surface area contributed by atoms with Gasteiger partial charge in [0.05, 0.1) is 5.41 Å². The van der Waals surface area contributed by atoms with Crippen LogP contribution >= 0.6 is 0 Å². The monoisotopic (exact) mass is 461 g/mol. The van der Waals surface area contributed by atoms with Crippen LogP contribution < -0.4 is 16.0 Å². The van der Waals surface area contributed by atoms with E-state index in [1.54, 1.807) is 0 Å². The lowest BCUT2D eigenvalue weighted by Crippen LogP contribution is -2.40. The third-order valence-electron chi connectivity index (χ3n) is 7.56. The first-order chi connectivity index (χ1) is 16.6. The molecule has 1 saturated heterocycles. The van der Waals surface area contributed by atoms with Gasteiger partial charge in [-0.05, 0) is 61.4 Å². The van der Waals surface area contributed by atoms with Gasteiger partial charge in [0.1, 0.15) is 5.92 Å². The molecule has 1 atom stereocenters. The van der Waals surface area contributed by atoms with Gasteiger partial charge in [0, 0.05) is 30.3 Å². The second-order valence-electron chi connectivity index (χ2n) is 9.63. The highest BCUT2D eigenvalue weighted by molar-refractivity contribution is 6.12. The Morgan fingerprint density at radius 1 is 0.912 bits per heavy atom. The van der Waals surface area contributed by atoms with Crippen molar-refractivity contribution in [2.75, 3.05) is 29.2 Å². The molecule has 7 nitrogen and oxygen atoms in total. The summed E-state index contributed by atoms with van der Waals surface area (Å²) in [6.07, 6.45) is 6.24. The molecule has 3 amide bonds. The van der Waals surface area contributed by atoms with E-state index < -0.39 is 11.3 Å². The fourth-order valence-corrected chi connectivity index (χ4v) is 5.70. The molecule has 2 aromatic rings. The van der Waals surface area contributed by atoms with Crippen molar-refractivity contribution in [2.24, 2.45) is 11.8 Å². The van der Waals surface area contributed by atoms with Crippen molar-refractivity contribution in [3.8, 4) is 0 Å². The molecule has 2 aliphatic heterocycles. The van der Waals surface area contributed by atoms with Gasteiger partial charge < -0.3 is 20.7 Å². The molecule has 3 aliphatic rings. The third-order valence-corrected chi connectivity index (χ3v) is 7.56. The summed E-state index contributed by atoms with van der Waals surface area (Å²) >= 11 is 0. The number of carbonyl (C=O) groups excluding carboxylic acids is 3. The van der Waals surface area contributed by atoms with Crippen LogP contribution in [-0.2, 0) is 24.5 Å². The van der Waals surface area contributed by atoms with Crippen LogP contribution in [0.25, 0.3) is 0 Å². The topological polar surface area (TPSA) is 96.5 Å². The Labute approximate surface area is 199 Å². The van der Waals surface area contributed by atoms with Gasteiger partial charge in [0.15, 0.2) is 0 Å². The van der Waals surface area contributed by atoms with E-state index in [1.807, 2.05) is 48.5 Å². The van der Waals surface area contributed by atoms with E-state index in [-0.39, 0.29) is 23.6 Å². The van der Waals surface area contributed by atoms with Crippen molar-refractivity contribution >= 4 is 34.8 Å². The summed E-state index contributed by atoms with van der Waals surface area (Å²) in [5, 5.41) is 8.88. The van der Waals surface area contributed by atoms with Crippen LogP contribution in [0.2, 0.25) is 0 Å². The quantitative estimate of drug-likeness (QED) is 0.573. The van der Waals surface area contributed by atoms with E-state index in [2.05, 4.69) is 16.0 Å². The Bertz CT molecular complexity index is 1070. The number of anilines is 3. The van der Waals surface area contributed by atoms with Crippen LogP contribution in [0.4, 0.5) is 17.1 Å². The molecule has 7 heteroatoms. The van der Waals surface area contributed by atoms with Gasteiger partial charge in [-0.2, -0.15) is 0 Å². The zero-order valence-corrected chi connectivity index (χ0v) is 19.3. The minimum Gasteiger partial charge on any atom is -0.381 e. The summed E-state index contributed by atoms with van der Waals surface area (Å²) in [5.41, 5.74) is 2.41. The fraction of sp³-hybridized carbons (Fsp3) is 0.444. The van der Waals surface area contributed by atoms with E-state index in [4.69, 9.17) is 4.74 Å². The van der Waals surface area contributed by atoms with E-state index in [0.717, 1.165) is 43.4 Å². The molecule has 2 fully saturated rings. The SMILES string of the molecule is O=C(Nc1ccccc1)C(C(=O)Nc1ccc2c(c1)NC(=O)C21CCOCC1)C1CCCCC1. The van der Waals surface area contributed by atoms with Gasteiger partial charge >= 0.3 is 0 Å². The lowest BCUT2D eigenvalue weighted by Gasteiger charge is -2.31. The summed E-state index contributed by atoms with van der Waals surface area (Å²) in [5.74, 6) is -1.34. The summed E-state index contributed by atoms with van der Waals surface area (Å²) < 4.78 is 5.47. The third kappa shape index (κ3) is 4.32. The molecule has 0 aromatic heterocycles. The highest BCUT2D eigenvalue weighted by Gasteiger charge is 2.47. The summed E-state index contributed by atoms with van der Waals surface area (Å²) in [6, 6.07) is 14.8. The maximum Gasteiger partial charge on any atom is 0.237 e. The molecule has 5 rings (SSSR count). The number of benzene rings is 2. The predicted molar refractivity (Wildman–Crippen MR) is 131 cm³/mol. The average molecular weight is 462 g/mol. The van der Waals surface area contributed by atoms with E-state index >= 15 is 0 Å². The van der Waals surface area contributed by atoms with Crippen molar-refractivity contribution < 1.29 is 19.1 Å². The van der Waals surface area contributed by atoms with Crippen molar-refractivity contribution in [1.82, 2.24) is 0 Å². The first-order valence-electron chi connectivity index (χ1n) is 12.3. The number of amides is 3. The summed E-state index contributed by atoms with van der Waals surface area (Å²) in [4.78, 5) is 39.5. The lowest BCUT2D eigenvalue weighted by atomic mass is 9.75.